The minimum absolute atomic E-state index is 0.529. The average Bonchev–Trinajstić information content (AvgIpc) is 3.29. The van der Waals surface area contributed by atoms with Gasteiger partial charge in [-0.15, -0.1) is 0 Å². The molecule has 0 unspecified atom stereocenters. The summed E-state index contributed by atoms with van der Waals surface area (Å²) in [6, 6.07) is 12.8. The molecule has 1 saturated carbocycles. The summed E-state index contributed by atoms with van der Waals surface area (Å²) in [4.78, 5) is 4.19. The molecule has 1 heterocycles. The fraction of sp³-hybridized carbons (Fsp3) is 0.353. The first-order chi connectivity index (χ1) is 9.81. The summed E-state index contributed by atoms with van der Waals surface area (Å²) < 4.78 is 0.529. The lowest BCUT2D eigenvalue weighted by Crippen LogP contribution is -2.25. The summed E-state index contributed by atoms with van der Waals surface area (Å²) in [5.41, 5.74) is 3.75. The third kappa shape index (κ3) is 3.22. The fourth-order valence-electron chi connectivity index (χ4n) is 2.42. The van der Waals surface area contributed by atoms with Crippen LogP contribution in [-0.2, 0) is 6.54 Å². The molecule has 0 aliphatic heterocycles. The average molecular weight is 284 g/mol. The number of thioether (sulfide) groups is 1. The van der Waals surface area contributed by atoms with E-state index in [1.54, 1.807) is 0 Å². The summed E-state index contributed by atoms with van der Waals surface area (Å²) in [7, 11) is 0. The van der Waals surface area contributed by atoms with E-state index >= 15 is 0 Å². The van der Waals surface area contributed by atoms with Crippen molar-refractivity contribution < 1.29 is 0 Å². The van der Waals surface area contributed by atoms with E-state index in [0.29, 0.717) is 4.75 Å². The second-order valence-corrected chi connectivity index (χ2v) is 6.71. The predicted octanol–water partition coefficient (Wildman–Crippen LogP) is 3.73. The largest absolute Gasteiger partial charge is 0.311 e. The Morgan fingerprint density at radius 3 is 2.75 bits per heavy atom. The van der Waals surface area contributed by atoms with Crippen molar-refractivity contribution in [1.82, 2.24) is 10.3 Å². The number of nitrogens with one attached hydrogen (secondary N) is 1. The molecule has 0 saturated heterocycles. The minimum atomic E-state index is 0.529. The van der Waals surface area contributed by atoms with Crippen molar-refractivity contribution in [1.29, 1.82) is 0 Å². The zero-order chi connectivity index (χ0) is 13.8. The van der Waals surface area contributed by atoms with Crippen LogP contribution in [0, 0.1) is 0 Å². The van der Waals surface area contributed by atoms with Gasteiger partial charge in [0.25, 0.3) is 0 Å². The van der Waals surface area contributed by atoms with Crippen LogP contribution >= 0.6 is 11.8 Å². The molecule has 1 N–H and O–H groups in total. The SMILES string of the molecule is CSC1(CNCc2cccc(-c3cccnc3)c2)CC1. The first kappa shape index (κ1) is 13.7. The van der Waals surface area contributed by atoms with Crippen LogP contribution in [0.2, 0.25) is 0 Å². The van der Waals surface area contributed by atoms with Gasteiger partial charge >= 0.3 is 0 Å². The highest BCUT2D eigenvalue weighted by molar-refractivity contribution is 8.00. The smallest absolute Gasteiger partial charge is 0.0346 e. The first-order valence-corrected chi connectivity index (χ1v) is 8.29. The molecule has 2 nitrogen and oxygen atoms in total. The van der Waals surface area contributed by atoms with Gasteiger partial charge in [0.1, 0.15) is 0 Å². The van der Waals surface area contributed by atoms with Gasteiger partial charge in [0.15, 0.2) is 0 Å². The van der Waals surface area contributed by atoms with Gasteiger partial charge in [-0.3, -0.25) is 4.98 Å². The van der Waals surface area contributed by atoms with Crippen LogP contribution in [0.25, 0.3) is 11.1 Å². The van der Waals surface area contributed by atoms with Crippen molar-refractivity contribution in [2.24, 2.45) is 0 Å². The molecule has 1 aliphatic carbocycles. The molecule has 1 aromatic heterocycles. The lowest BCUT2D eigenvalue weighted by atomic mass is 10.0. The molecular weight excluding hydrogens is 264 g/mol. The first-order valence-electron chi connectivity index (χ1n) is 7.07. The number of pyridine rings is 1. The van der Waals surface area contributed by atoms with E-state index in [1.807, 2.05) is 30.2 Å². The molecule has 2 aromatic rings. The molecule has 104 valence electrons. The van der Waals surface area contributed by atoms with E-state index < -0.39 is 0 Å². The van der Waals surface area contributed by atoms with E-state index in [-0.39, 0.29) is 0 Å². The number of nitrogens with zero attached hydrogens (tertiary/aromatic N) is 1. The fourth-order valence-corrected chi connectivity index (χ4v) is 3.18. The Bertz CT molecular complexity index is 564. The van der Waals surface area contributed by atoms with Gasteiger partial charge in [0, 0.05) is 30.2 Å². The van der Waals surface area contributed by atoms with Crippen LogP contribution in [-0.4, -0.2) is 22.5 Å². The zero-order valence-corrected chi connectivity index (χ0v) is 12.6. The normalized spacial score (nSPS) is 16.1. The second-order valence-electron chi connectivity index (χ2n) is 5.43. The summed E-state index contributed by atoms with van der Waals surface area (Å²) in [6.07, 6.45) is 8.66. The molecule has 1 fully saturated rings. The van der Waals surface area contributed by atoms with Gasteiger partial charge in [0.2, 0.25) is 0 Å². The van der Waals surface area contributed by atoms with E-state index in [1.165, 1.54) is 29.5 Å². The minimum Gasteiger partial charge on any atom is -0.311 e. The van der Waals surface area contributed by atoms with Crippen molar-refractivity contribution >= 4 is 11.8 Å². The maximum atomic E-state index is 4.19. The Hall–Kier alpha value is -1.32. The van der Waals surface area contributed by atoms with Crippen LogP contribution in [0.5, 0.6) is 0 Å². The molecule has 1 aromatic carbocycles. The van der Waals surface area contributed by atoms with Gasteiger partial charge in [0.05, 0.1) is 0 Å². The summed E-state index contributed by atoms with van der Waals surface area (Å²) in [5.74, 6) is 0. The molecule has 0 radical (unpaired) electrons. The predicted molar refractivity (Wildman–Crippen MR) is 86.9 cm³/mol. The molecule has 0 atom stereocenters. The highest BCUT2D eigenvalue weighted by atomic mass is 32.2. The van der Waals surface area contributed by atoms with Crippen LogP contribution in [0.4, 0.5) is 0 Å². The van der Waals surface area contributed by atoms with Gasteiger partial charge in [-0.2, -0.15) is 11.8 Å². The van der Waals surface area contributed by atoms with Gasteiger partial charge < -0.3 is 5.32 Å². The Kier molecular flexibility index (Phi) is 4.08. The standard InChI is InChI=1S/C17H20N2S/c1-20-17(7-8-17)13-19-11-14-4-2-5-15(10-14)16-6-3-9-18-12-16/h2-6,9-10,12,19H,7-8,11,13H2,1H3. The van der Waals surface area contributed by atoms with Crippen molar-refractivity contribution in [2.45, 2.75) is 24.1 Å². The van der Waals surface area contributed by atoms with Crippen LogP contribution in [0.3, 0.4) is 0 Å². The lowest BCUT2D eigenvalue weighted by molar-refractivity contribution is 0.663. The number of hydrogen-bond donors (Lipinski definition) is 1. The van der Waals surface area contributed by atoms with Gasteiger partial charge in [-0.25, -0.2) is 0 Å². The summed E-state index contributed by atoms with van der Waals surface area (Å²) >= 11 is 2.00. The third-order valence-corrected chi connectivity index (χ3v) is 5.36. The van der Waals surface area contributed by atoms with Crippen molar-refractivity contribution in [3.8, 4) is 11.1 Å². The quantitative estimate of drug-likeness (QED) is 0.875. The van der Waals surface area contributed by atoms with E-state index in [0.717, 1.165) is 13.1 Å². The Morgan fingerprint density at radius 1 is 1.20 bits per heavy atom. The number of rotatable bonds is 6. The summed E-state index contributed by atoms with van der Waals surface area (Å²) in [5, 5.41) is 3.60. The van der Waals surface area contributed by atoms with Crippen LogP contribution in [0.1, 0.15) is 18.4 Å². The summed E-state index contributed by atoms with van der Waals surface area (Å²) in [6.45, 7) is 2.06. The molecule has 0 amide bonds. The van der Waals surface area contributed by atoms with E-state index in [9.17, 15) is 0 Å². The Balaban J connectivity index is 1.63. The van der Waals surface area contributed by atoms with Crippen LogP contribution < -0.4 is 5.32 Å². The van der Waals surface area contributed by atoms with Crippen molar-refractivity contribution in [2.75, 3.05) is 12.8 Å². The molecule has 1 aliphatic rings. The third-order valence-electron chi connectivity index (χ3n) is 3.94. The topological polar surface area (TPSA) is 24.9 Å². The number of aromatic nitrogens is 1. The van der Waals surface area contributed by atoms with Crippen LogP contribution in [0.15, 0.2) is 48.8 Å². The second kappa shape index (κ2) is 5.98. The number of benzene rings is 1. The molecule has 3 rings (SSSR count). The van der Waals surface area contributed by atoms with Gasteiger partial charge in [-0.05, 0) is 47.9 Å². The van der Waals surface area contributed by atoms with E-state index in [4.69, 9.17) is 0 Å². The van der Waals surface area contributed by atoms with Gasteiger partial charge in [-0.1, -0.05) is 24.3 Å². The Morgan fingerprint density at radius 2 is 2.05 bits per heavy atom. The maximum absolute atomic E-state index is 4.19. The zero-order valence-electron chi connectivity index (χ0n) is 11.8. The number of hydrogen-bond acceptors (Lipinski definition) is 3. The highest BCUT2D eigenvalue weighted by Gasteiger charge is 2.41. The molecule has 20 heavy (non-hydrogen) atoms. The highest BCUT2D eigenvalue weighted by Crippen LogP contribution is 2.46. The monoisotopic (exact) mass is 284 g/mol. The molecule has 0 spiro atoms. The lowest BCUT2D eigenvalue weighted by Gasteiger charge is -2.13. The Labute approximate surface area is 125 Å². The van der Waals surface area contributed by atoms with Crippen molar-refractivity contribution in [3.05, 3.63) is 54.4 Å². The molecular formula is C17H20N2S. The molecule has 3 heteroatoms. The van der Waals surface area contributed by atoms with Crippen molar-refractivity contribution in [3.63, 3.8) is 0 Å². The van der Waals surface area contributed by atoms with E-state index in [2.05, 4.69) is 46.9 Å². The molecule has 0 bridgehead atoms. The maximum Gasteiger partial charge on any atom is 0.0346 e.